The van der Waals surface area contributed by atoms with Crippen LogP contribution in [-0.4, -0.2) is 14.7 Å². The summed E-state index contributed by atoms with van der Waals surface area (Å²) in [5.41, 5.74) is 2.04. The van der Waals surface area contributed by atoms with Crippen molar-refractivity contribution >= 4 is 5.69 Å². The van der Waals surface area contributed by atoms with Crippen molar-refractivity contribution in [2.75, 3.05) is 0 Å². The molecule has 1 aromatic heterocycles. The first-order valence-electron chi connectivity index (χ1n) is 7.06. The number of benzene rings is 1. The molecule has 112 valence electrons. The van der Waals surface area contributed by atoms with Gasteiger partial charge in [0.05, 0.1) is 10.6 Å². The van der Waals surface area contributed by atoms with Crippen LogP contribution < -0.4 is 5.32 Å². The molecule has 0 aliphatic rings. The van der Waals surface area contributed by atoms with Gasteiger partial charge in [0, 0.05) is 38.0 Å². The van der Waals surface area contributed by atoms with Crippen LogP contribution in [0.4, 0.5) is 5.69 Å². The van der Waals surface area contributed by atoms with E-state index >= 15 is 0 Å². The first-order chi connectivity index (χ1) is 10.1. The van der Waals surface area contributed by atoms with Crippen LogP contribution in [0.1, 0.15) is 37.1 Å². The lowest BCUT2D eigenvalue weighted by atomic mass is 10.0. The molecule has 6 heteroatoms. The Hall–Kier alpha value is -2.21. The predicted octanol–water partition coefficient (Wildman–Crippen LogP) is 2.96. The molecule has 21 heavy (non-hydrogen) atoms. The minimum absolute atomic E-state index is 0.0944. The van der Waals surface area contributed by atoms with Gasteiger partial charge in [-0.15, -0.1) is 0 Å². The van der Waals surface area contributed by atoms with Gasteiger partial charge in [-0.3, -0.25) is 14.8 Å². The van der Waals surface area contributed by atoms with E-state index in [1.165, 1.54) is 6.07 Å². The molecule has 0 bridgehead atoms. The Morgan fingerprint density at radius 2 is 2.24 bits per heavy atom. The third-order valence-corrected chi connectivity index (χ3v) is 3.36. The summed E-state index contributed by atoms with van der Waals surface area (Å²) >= 11 is 0. The van der Waals surface area contributed by atoms with Crippen LogP contribution in [0.25, 0.3) is 0 Å². The molecule has 0 saturated heterocycles. The van der Waals surface area contributed by atoms with Crippen LogP contribution >= 0.6 is 0 Å². The Balaban J connectivity index is 2.10. The first kappa shape index (κ1) is 15.2. The van der Waals surface area contributed by atoms with E-state index < -0.39 is 0 Å². The standard InChI is InChI=1S/C15H20N4O2/c1-3-5-15(16-11-13-8-9-18(2)17-13)12-6-4-7-14(10-12)19(20)21/h4,6-10,15-16H,3,5,11H2,1-2H3. The lowest BCUT2D eigenvalue weighted by molar-refractivity contribution is -0.384. The van der Waals surface area contributed by atoms with Gasteiger partial charge in [-0.1, -0.05) is 25.5 Å². The minimum Gasteiger partial charge on any atom is -0.304 e. The summed E-state index contributed by atoms with van der Waals surface area (Å²) in [5, 5.41) is 18.7. The molecule has 0 aliphatic heterocycles. The smallest absolute Gasteiger partial charge is 0.269 e. The van der Waals surface area contributed by atoms with E-state index in [9.17, 15) is 10.1 Å². The van der Waals surface area contributed by atoms with Crippen LogP contribution in [0.15, 0.2) is 36.5 Å². The van der Waals surface area contributed by atoms with Crippen molar-refractivity contribution in [3.63, 3.8) is 0 Å². The SMILES string of the molecule is CCCC(NCc1ccn(C)n1)c1cccc([N+](=O)[O-])c1. The van der Waals surface area contributed by atoms with Gasteiger partial charge < -0.3 is 5.32 Å². The van der Waals surface area contributed by atoms with Crippen LogP contribution in [0.3, 0.4) is 0 Å². The summed E-state index contributed by atoms with van der Waals surface area (Å²) in [7, 11) is 1.88. The molecule has 0 aliphatic carbocycles. The molecule has 0 spiro atoms. The summed E-state index contributed by atoms with van der Waals surface area (Å²) in [6, 6.07) is 8.88. The Morgan fingerprint density at radius 1 is 1.43 bits per heavy atom. The van der Waals surface area contributed by atoms with E-state index in [1.54, 1.807) is 16.8 Å². The van der Waals surface area contributed by atoms with Gasteiger partial charge in [0.1, 0.15) is 0 Å². The number of hydrogen-bond donors (Lipinski definition) is 1. The average Bonchev–Trinajstić information content (AvgIpc) is 2.89. The zero-order valence-corrected chi connectivity index (χ0v) is 12.3. The molecule has 0 saturated carbocycles. The molecule has 0 amide bonds. The quantitative estimate of drug-likeness (QED) is 0.628. The highest BCUT2D eigenvalue weighted by atomic mass is 16.6. The van der Waals surface area contributed by atoms with Crippen LogP contribution in [0, 0.1) is 10.1 Å². The zero-order chi connectivity index (χ0) is 15.2. The number of hydrogen-bond acceptors (Lipinski definition) is 4. The third kappa shape index (κ3) is 4.13. The van der Waals surface area contributed by atoms with Crippen LogP contribution in [0.5, 0.6) is 0 Å². The number of aryl methyl sites for hydroxylation is 1. The highest BCUT2D eigenvalue weighted by Gasteiger charge is 2.14. The molecule has 0 fully saturated rings. The number of nitrogens with zero attached hydrogens (tertiary/aromatic N) is 3. The van der Waals surface area contributed by atoms with E-state index in [2.05, 4.69) is 17.3 Å². The fourth-order valence-corrected chi connectivity index (χ4v) is 2.32. The Kier molecular flexibility index (Phi) is 5.05. The van der Waals surface area contributed by atoms with Crippen molar-refractivity contribution < 1.29 is 4.92 Å². The Bertz CT molecular complexity index is 609. The summed E-state index contributed by atoms with van der Waals surface area (Å²) in [4.78, 5) is 10.5. The molecule has 1 unspecified atom stereocenters. The largest absolute Gasteiger partial charge is 0.304 e. The summed E-state index contributed by atoms with van der Waals surface area (Å²) in [6.07, 6.45) is 3.83. The number of nitrogens with one attached hydrogen (secondary N) is 1. The van der Waals surface area contributed by atoms with Crippen molar-refractivity contribution in [1.29, 1.82) is 0 Å². The monoisotopic (exact) mass is 288 g/mol. The van der Waals surface area contributed by atoms with E-state index in [0.717, 1.165) is 24.1 Å². The summed E-state index contributed by atoms with van der Waals surface area (Å²) in [6.45, 7) is 2.75. The van der Waals surface area contributed by atoms with Gasteiger partial charge >= 0.3 is 0 Å². The normalized spacial score (nSPS) is 12.3. The van der Waals surface area contributed by atoms with Gasteiger partial charge in [0.25, 0.3) is 5.69 Å². The van der Waals surface area contributed by atoms with Crippen molar-refractivity contribution in [1.82, 2.24) is 15.1 Å². The second kappa shape index (κ2) is 6.99. The van der Waals surface area contributed by atoms with Crippen LogP contribution in [0.2, 0.25) is 0 Å². The second-order valence-electron chi connectivity index (χ2n) is 5.06. The summed E-state index contributed by atoms with van der Waals surface area (Å²) in [5.74, 6) is 0. The number of aromatic nitrogens is 2. The van der Waals surface area contributed by atoms with Crippen molar-refractivity contribution in [3.05, 3.63) is 57.9 Å². The maximum absolute atomic E-state index is 10.9. The highest BCUT2D eigenvalue weighted by molar-refractivity contribution is 5.35. The fraction of sp³-hybridized carbons (Fsp3) is 0.400. The molecule has 2 aromatic rings. The maximum Gasteiger partial charge on any atom is 0.269 e. The lowest BCUT2D eigenvalue weighted by Crippen LogP contribution is -2.21. The number of nitro groups is 1. The van der Waals surface area contributed by atoms with Crippen molar-refractivity contribution in [3.8, 4) is 0 Å². The van der Waals surface area contributed by atoms with E-state index in [4.69, 9.17) is 0 Å². The van der Waals surface area contributed by atoms with Gasteiger partial charge in [-0.25, -0.2) is 0 Å². The number of nitro benzene ring substituents is 1. The molecule has 2 rings (SSSR count). The van der Waals surface area contributed by atoms with Gasteiger partial charge in [-0.2, -0.15) is 5.10 Å². The zero-order valence-electron chi connectivity index (χ0n) is 12.3. The van der Waals surface area contributed by atoms with E-state index in [-0.39, 0.29) is 16.7 Å². The van der Waals surface area contributed by atoms with E-state index in [1.807, 2.05) is 25.4 Å². The molecule has 1 N–H and O–H groups in total. The van der Waals surface area contributed by atoms with Crippen LogP contribution in [-0.2, 0) is 13.6 Å². The van der Waals surface area contributed by atoms with Gasteiger partial charge in [0.2, 0.25) is 0 Å². The molecule has 1 atom stereocenters. The molecule has 1 heterocycles. The lowest BCUT2D eigenvalue weighted by Gasteiger charge is -2.18. The van der Waals surface area contributed by atoms with Gasteiger partial charge in [0.15, 0.2) is 0 Å². The maximum atomic E-state index is 10.9. The van der Waals surface area contributed by atoms with E-state index in [0.29, 0.717) is 6.54 Å². The number of non-ortho nitro benzene ring substituents is 1. The van der Waals surface area contributed by atoms with Gasteiger partial charge in [-0.05, 0) is 18.1 Å². The first-order valence-corrected chi connectivity index (χ1v) is 7.06. The third-order valence-electron chi connectivity index (χ3n) is 3.36. The second-order valence-corrected chi connectivity index (χ2v) is 5.06. The predicted molar refractivity (Wildman–Crippen MR) is 80.8 cm³/mol. The summed E-state index contributed by atoms with van der Waals surface area (Å²) < 4.78 is 1.76. The fourth-order valence-electron chi connectivity index (χ4n) is 2.32. The number of rotatable bonds is 7. The molecular formula is C15H20N4O2. The Morgan fingerprint density at radius 3 is 2.86 bits per heavy atom. The topological polar surface area (TPSA) is 73.0 Å². The highest BCUT2D eigenvalue weighted by Crippen LogP contribution is 2.23. The minimum atomic E-state index is -0.356. The molecule has 0 radical (unpaired) electrons. The average molecular weight is 288 g/mol. The van der Waals surface area contributed by atoms with Crippen molar-refractivity contribution in [2.24, 2.45) is 7.05 Å². The Labute approximate surface area is 123 Å². The molecule has 1 aromatic carbocycles. The molecule has 6 nitrogen and oxygen atoms in total. The molecular weight excluding hydrogens is 268 g/mol. The van der Waals surface area contributed by atoms with Crippen molar-refractivity contribution in [2.45, 2.75) is 32.4 Å².